The van der Waals surface area contributed by atoms with Crippen LogP contribution in [0.15, 0.2) is 12.1 Å². The number of aryl methyl sites for hydroxylation is 1. The number of nitrogens with zero attached hydrogens (tertiary/aromatic N) is 2. The maximum atomic E-state index is 5.90. The predicted molar refractivity (Wildman–Crippen MR) is 67.8 cm³/mol. The third-order valence-corrected chi connectivity index (χ3v) is 3.54. The molecule has 1 atom stereocenters. The van der Waals surface area contributed by atoms with Crippen molar-refractivity contribution in [3.8, 4) is 0 Å². The van der Waals surface area contributed by atoms with Crippen molar-refractivity contribution in [1.82, 2.24) is 9.88 Å². The first-order valence-corrected chi connectivity index (χ1v) is 6.47. The van der Waals surface area contributed by atoms with E-state index in [1.807, 2.05) is 6.07 Å². The van der Waals surface area contributed by atoms with Gasteiger partial charge in [0.2, 0.25) is 0 Å². The van der Waals surface area contributed by atoms with Crippen molar-refractivity contribution in [2.24, 2.45) is 0 Å². The topological polar surface area (TPSA) is 16.1 Å². The molecule has 2 rings (SSSR count). The second-order valence-electron chi connectivity index (χ2n) is 4.50. The highest BCUT2D eigenvalue weighted by molar-refractivity contribution is 6.29. The Hall–Kier alpha value is -0.600. The molecule has 16 heavy (non-hydrogen) atoms. The zero-order valence-electron chi connectivity index (χ0n) is 10.0. The first kappa shape index (κ1) is 11.9. The molecule has 3 heteroatoms. The molecule has 2 nitrogen and oxygen atoms in total. The van der Waals surface area contributed by atoms with Crippen LogP contribution in [0.3, 0.4) is 0 Å². The summed E-state index contributed by atoms with van der Waals surface area (Å²) < 4.78 is 0. The van der Waals surface area contributed by atoms with Gasteiger partial charge in [-0.15, -0.1) is 0 Å². The Morgan fingerprint density at radius 3 is 3.00 bits per heavy atom. The summed E-state index contributed by atoms with van der Waals surface area (Å²) in [4.78, 5) is 6.92. The van der Waals surface area contributed by atoms with Crippen molar-refractivity contribution in [2.45, 2.75) is 39.2 Å². The molecule has 1 aliphatic heterocycles. The fourth-order valence-corrected chi connectivity index (χ4v) is 2.82. The maximum absolute atomic E-state index is 5.90. The summed E-state index contributed by atoms with van der Waals surface area (Å²) in [6.45, 7) is 6.71. The lowest BCUT2D eigenvalue weighted by molar-refractivity contribution is 0.256. The van der Waals surface area contributed by atoms with Gasteiger partial charge in [-0.3, -0.25) is 4.90 Å². The van der Waals surface area contributed by atoms with Gasteiger partial charge in [0, 0.05) is 11.7 Å². The van der Waals surface area contributed by atoms with Gasteiger partial charge in [-0.2, -0.15) is 0 Å². The first-order valence-electron chi connectivity index (χ1n) is 6.09. The van der Waals surface area contributed by atoms with Gasteiger partial charge in [-0.05, 0) is 50.9 Å². The van der Waals surface area contributed by atoms with Gasteiger partial charge >= 0.3 is 0 Å². The average molecular weight is 239 g/mol. The lowest BCUT2D eigenvalue weighted by Crippen LogP contribution is -2.24. The molecule has 0 spiro atoms. The van der Waals surface area contributed by atoms with E-state index in [0.717, 1.165) is 5.69 Å². The van der Waals surface area contributed by atoms with Crippen LogP contribution in [0.5, 0.6) is 0 Å². The van der Waals surface area contributed by atoms with E-state index in [-0.39, 0.29) is 0 Å². The first-order chi connectivity index (χ1) is 7.72. The smallest absolute Gasteiger partial charge is 0.129 e. The van der Waals surface area contributed by atoms with Gasteiger partial charge in [0.05, 0.1) is 0 Å². The summed E-state index contributed by atoms with van der Waals surface area (Å²) >= 11 is 5.90. The SMILES string of the molecule is CCCN1CCC[C@@H]1c1ccc(Cl)nc1C. The van der Waals surface area contributed by atoms with Gasteiger partial charge in [0.25, 0.3) is 0 Å². The second-order valence-corrected chi connectivity index (χ2v) is 4.89. The molecule has 0 aliphatic carbocycles. The average Bonchev–Trinajstić information content (AvgIpc) is 2.67. The summed E-state index contributed by atoms with van der Waals surface area (Å²) in [6, 6.07) is 4.61. The Morgan fingerprint density at radius 1 is 1.50 bits per heavy atom. The van der Waals surface area contributed by atoms with E-state index in [1.165, 1.54) is 37.9 Å². The van der Waals surface area contributed by atoms with Crippen LogP contribution in [0.4, 0.5) is 0 Å². The molecule has 0 N–H and O–H groups in total. The summed E-state index contributed by atoms with van der Waals surface area (Å²) in [5.41, 5.74) is 2.44. The van der Waals surface area contributed by atoms with Crippen LogP contribution < -0.4 is 0 Å². The fraction of sp³-hybridized carbons (Fsp3) is 0.615. The zero-order chi connectivity index (χ0) is 11.5. The van der Waals surface area contributed by atoms with Gasteiger partial charge < -0.3 is 0 Å². The molecule has 0 unspecified atom stereocenters. The number of rotatable bonds is 3. The molecule has 0 amide bonds. The van der Waals surface area contributed by atoms with Crippen molar-refractivity contribution < 1.29 is 0 Å². The van der Waals surface area contributed by atoms with Crippen LogP contribution in [0, 0.1) is 6.92 Å². The quantitative estimate of drug-likeness (QED) is 0.749. The number of hydrogen-bond acceptors (Lipinski definition) is 2. The van der Waals surface area contributed by atoms with Crippen molar-refractivity contribution in [2.75, 3.05) is 13.1 Å². The van der Waals surface area contributed by atoms with Crippen LogP contribution in [0.1, 0.15) is 43.5 Å². The van der Waals surface area contributed by atoms with E-state index in [4.69, 9.17) is 11.6 Å². The van der Waals surface area contributed by atoms with Crippen LogP contribution in [-0.4, -0.2) is 23.0 Å². The largest absolute Gasteiger partial charge is 0.296 e. The molecular weight excluding hydrogens is 220 g/mol. The zero-order valence-corrected chi connectivity index (χ0v) is 10.8. The molecule has 1 aliphatic rings. The Balaban J connectivity index is 2.22. The van der Waals surface area contributed by atoms with E-state index in [9.17, 15) is 0 Å². The number of hydrogen-bond donors (Lipinski definition) is 0. The minimum Gasteiger partial charge on any atom is -0.296 e. The van der Waals surface area contributed by atoms with Crippen LogP contribution in [-0.2, 0) is 0 Å². The Morgan fingerprint density at radius 2 is 2.31 bits per heavy atom. The molecule has 1 aromatic heterocycles. The standard InChI is InChI=1S/C13H19ClN2/c1-3-8-16-9-4-5-12(16)11-6-7-13(14)15-10(11)2/h6-7,12H,3-5,8-9H2,1-2H3/t12-/m1/s1. The summed E-state index contributed by atoms with van der Waals surface area (Å²) in [7, 11) is 0. The van der Waals surface area contributed by atoms with E-state index in [1.54, 1.807) is 0 Å². The molecule has 2 heterocycles. The Labute approximate surface area is 103 Å². The third kappa shape index (κ3) is 2.38. The van der Waals surface area contributed by atoms with E-state index >= 15 is 0 Å². The van der Waals surface area contributed by atoms with Gasteiger partial charge in [0.15, 0.2) is 0 Å². The van der Waals surface area contributed by atoms with E-state index in [0.29, 0.717) is 11.2 Å². The molecule has 0 radical (unpaired) electrons. The summed E-state index contributed by atoms with van der Waals surface area (Å²) in [5.74, 6) is 0. The number of aromatic nitrogens is 1. The normalized spacial score (nSPS) is 21.6. The van der Waals surface area contributed by atoms with E-state index < -0.39 is 0 Å². The molecule has 0 aromatic carbocycles. The van der Waals surface area contributed by atoms with Crippen molar-refractivity contribution in [3.63, 3.8) is 0 Å². The third-order valence-electron chi connectivity index (χ3n) is 3.33. The monoisotopic (exact) mass is 238 g/mol. The Bertz CT molecular complexity index is 365. The fourth-order valence-electron chi connectivity index (χ4n) is 2.63. The highest BCUT2D eigenvalue weighted by Gasteiger charge is 2.26. The molecule has 0 bridgehead atoms. The molecule has 1 saturated heterocycles. The molecular formula is C13H19ClN2. The molecule has 1 aromatic rings. The second kappa shape index (κ2) is 5.15. The summed E-state index contributed by atoms with van der Waals surface area (Å²) in [5, 5.41) is 0.598. The number of halogens is 1. The van der Waals surface area contributed by atoms with Crippen molar-refractivity contribution in [3.05, 3.63) is 28.5 Å². The van der Waals surface area contributed by atoms with Crippen LogP contribution in [0.25, 0.3) is 0 Å². The lowest BCUT2D eigenvalue weighted by Gasteiger charge is -2.25. The van der Waals surface area contributed by atoms with E-state index in [2.05, 4.69) is 29.8 Å². The van der Waals surface area contributed by atoms with Crippen LogP contribution in [0.2, 0.25) is 5.15 Å². The van der Waals surface area contributed by atoms with Crippen molar-refractivity contribution in [1.29, 1.82) is 0 Å². The van der Waals surface area contributed by atoms with Gasteiger partial charge in [-0.25, -0.2) is 4.98 Å². The minimum absolute atomic E-state index is 0.560. The van der Waals surface area contributed by atoms with Crippen LogP contribution >= 0.6 is 11.6 Å². The van der Waals surface area contributed by atoms with Gasteiger partial charge in [0.1, 0.15) is 5.15 Å². The maximum Gasteiger partial charge on any atom is 0.129 e. The number of pyridine rings is 1. The molecule has 1 fully saturated rings. The highest BCUT2D eigenvalue weighted by atomic mass is 35.5. The lowest BCUT2D eigenvalue weighted by atomic mass is 10.0. The van der Waals surface area contributed by atoms with Gasteiger partial charge in [-0.1, -0.05) is 24.6 Å². The highest BCUT2D eigenvalue weighted by Crippen LogP contribution is 2.33. The minimum atomic E-state index is 0.560. The molecule has 0 saturated carbocycles. The number of likely N-dealkylation sites (tertiary alicyclic amines) is 1. The molecule has 88 valence electrons. The Kier molecular flexibility index (Phi) is 3.82. The predicted octanol–water partition coefficient (Wildman–Crippen LogP) is 3.59. The van der Waals surface area contributed by atoms with Crippen molar-refractivity contribution >= 4 is 11.6 Å². The summed E-state index contributed by atoms with van der Waals surface area (Å²) in [6.07, 6.45) is 3.77.